The van der Waals surface area contributed by atoms with Gasteiger partial charge >= 0.3 is 0 Å². The average Bonchev–Trinajstić information content (AvgIpc) is 2.41. The Bertz CT molecular complexity index is 576. The molecule has 0 fully saturated rings. The van der Waals surface area contributed by atoms with Crippen molar-refractivity contribution in [3.8, 4) is 11.3 Å². The standard InChI is InChI=1S/C13H15ClN4O/c1-2-12(19)17-11-4-3-8(7-9(11)15)10-5-6-16-13(14)18-10/h3-7,12,17,19H,2,15H2,1H3. The first-order chi connectivity index (χ1) is 9.10. The lowest BCUT2D eigenvalue weighted by Crippen LogP contribution is -2.17. The molecule has 4 N–H and O–H groups in total. The van der Waals surface area contributed by atoms with Gasteiger partial charge in [0.2, 0.25) is 5.28 Å². The zero-order valence-corrected chi connectivity index (χ0v) is 11.2. The molecule has 0 aliphatic rings. The van der Waals surface area contributed by atoms with Crippen molar-refractivity contribution < 1.29 is 5.11 Å². The lowest BCUT2D eigenvalue weighted by Gasteiger charge is -2.14. The number of aliphatic hydroxyl groups excluding tert-OH is 1. The van der Waals surface area contributed by atoms with Crippen molar-refractivity contribution >= 4 is 23.0 Å². The van der Waals surface area contributed by atoms with Crippen LogP contribution in [0.2, 0.25) is 5.28 Å². The number of nitrogens with two attached hydrogens (primary N) is 1. The van der Waals surface area contributed by atoms with E-state index in [9.17, 15) is 5.11 Å². The van der Waals surface area contributed by atoms with Gasteiger partial charge in [-0.2, -0.15) is 0 Å². The predicted molar refractivity (Wildman–Crippen MR) is 76.8 cm³/mol. The first kappa shape index (κ1) is 13.6. The Labute approximate surface area is 116 Å². The molecule has 1 aromatic heterocycles. The fourth-order valence-corrected chi connectivity index (χ4v) is 1.78. The zero-order valence-electron chi connectivity index (χ0n) is 10.5. The first-order valence-electron chi connectivity index (χ1n) is 5.93. The maximum Gasteiger partial charge on any atom is 0.222 e. The normalized spacial score (nSPS) is 12.2. The Morgan fingerprint density at radius 3 is 2.84 bits per heavy atom. The summed E-state index contributed by atoms with van der Waals surface area (Å²) in [5, 5.41) is 12.7. The molecule has 1 atom stereocenters. The number of anilines is 2. The lowest BCUT2D eigenvalue weighted by atomic mass is 10.1. The second-order valence-corrected chi connectivity index (χ2v) is 4.42. The topological polar surface area (TPSA) is 84.1 Å². The van der Waals surface area contributed by atoms with Crippen LogP contribution in [-0.2, 0) is 0 Å². The quantitative estimate of drug-likeness (QED) is 0.455. The van der Waals surface area contributed by atoms with E-state index < -0.39 is 6.23 Å². The van der Waals surface area contributed by atoms with E-state index in [4.69, 9.17) is 17.3 Å². The number of halogens is 1. The molecule has 2 aromatic rings. The van der Waals surface area contributed by atoms with Crippen LogP contribution >= 0.6 is 11.6 Å². The van der Waals surface area contributed by atoms with Crippen LogP contribution in [0.3, 0.4) is 0 Å². The Hall–Kier alpha value is -1.85. The van der Waals surface area contributed by atoms with Crippen LogP contribution in [0.15, 0.2) is 30.5 Å². The van der Waals surface area contributed by atoms with Crippen molar-refractivity contribution in [2.45, 2.75) is 19.6 Å². The number of aliphatic hydroxyl groups is 1. The summed E-state index contributed by atoms with van der Waals surface area (Å²) in [6, 6.07) is 7.21. The number of hydrogen-bond donors (Lipinski definition) is 3. The maximum atomic E-state index is 9.55. The summed E-state index contributed by atoms with van der Waals surface area (Å²) in [6.45, 7) is 1.88. The average molecular weight is 279 g/mol. The molecule has 0 aliphatic carbocycles. The van der Waals surface area contributed by atoms with Crippen LogP contribution in [0.5, 0.6) is 0 Å². The lowest BCUT2D eigenvalue weighted by molar-refractivity contribution is 0.199. The highest BCUT2D eigenvalue weighted by Crippen LogP contribution is 2.26. The van der Waals surface area contributed by atoms with E-state index in [0.29, 0.717) is 23.5 Å². The van der Waals surface area contributed by atoms with E-state index in [-0.39, 0.29) is 5.28 Å². The van der Waals surface area contributed by atoms with Crippen LogP contribution in [-0.4, -0.2) is 21.3 Å². The smallest absolute Gasteiger partial charge is 0.222 e. The Balaban J connectivity index is 2.28. The van der Waals surface area contributed by atoms with Crippen molar-refractivity contribution in [3.05, 3.63) is 35.7 Å². The summed E-state index contributed by atoms with van der Waals surface area (Å²) in [7, 11) is 0. The molecule has 0 radical (unpaired) electrons. The molecule has 0 saturated carbocycles. The third-order valence-electron chi connectivity index (χ3n) is 2.68. The van der Waals surface area contributed by atoms with Crippen LogP contribution < -0.4 is 11.1 Å². The molecule has 0 bridgehead atoms. The zero-order chi connectivity index (χ0) is 13.8. The number of aromatic nitrogens is 2. The van der Waals surface area contributed by atoms with Gasteiger partial charge in [0.25, 0.3) is 0 Å². The van der Waals surface area contributed by atoms with Gasteiger partial charge in [0.1, 0.15) is 6.23 Å². The van der Waals surface area contributed by atoms with E-state index in [0.717, 1.165) is 5.56 Å². The van der Waals surface area contributed by atoms with Gasteiger partial charge in [-0.25, -0.2) is 9.97 Å². The van der Waals surface area contributed by atoms with Crippen LogP contribution in [0.4, 0.5) is 11.4 Å². The van der Waals surface area contributed by atoms with Crippen molar-refractivity contribution in [1.29, 1.82) is 0 Å². The third-order valence-corrected chi connectivity index (χ3v) is 2.86. The van der Waals surface area contributed by atoms with Gasteiger partial charge < -0.3 is 16.2 Å². The highest BCUT2D eigenvalue weighted by molar-refractivity contribution is 6.28. The molecule has 1 heterocycles. The number of nitrogens with one attached hydrogen (secondary N) is 1. The van der Waals surface area contributed by atoms with E-state index >= 15 is 0 Å². The summed E-state index contributed by atoms with van der Waals surface area (Å²) in [5.41, 5.74) is 8.73. The van der Waals surface area contributed by atoms with Gasteiger partial charge in [0, 0.05) is 11.8 Å². The Morgan fingerprint density at radius 1 is 1.42 bits per heavy atom. The fourth-order valence-electron chi connectivity index (χ4n) is 1.63. The summed E-state index contributed by atoms with van der Waals surface area (Å²) in [6.07, 6.45) is 1.58. The highest BCUT2D eigenvalue weighted by Gasteiger charge is 2.07. The van der Waals surface area contributed by atoms with Crippen molar-refractivity contribution in [2.75, 3.05) is 11.1 Å². The van der Waals surface area contributed by atoms with Crippen molar-refractivity contribution in [1.82, 2.24) is 9.97 Å². The number of nitrogen functional groups attached to an aromatic ring is 1. The SMILES string of the molecule is CCC(O)Nc1ccc(-c2ccnc(Cl)n2)cc1N. The molecule has 0 amide bonds. The minimum atomic E-state index is -0.610. The summed E-state index contributed by atoms with van der Waals surface area (Å²) < 4.78 is 0. The number of benzene rings is 1. The molecule has 100 valence electrons. The van der Waals surface area contributed by atoms with Gasteiger partial charge in [-0.3, -0.25) is 0 Å². The second-order valence-electron chi connectivity index (χ2n) is 4.08. The molecular weight excluding hydrogens is 264 g/mol. The van der Waals surface area contributed by atoms with Crippen LogP contribution in [0.1, 0.15) is 13.3 Å². The minimum absolute atomic E-state index is 0.194. The third kappa shape index (κ3) is 3.33. The molecule has 6 heteroatoms. The monoisotopic (exact) mass is 278 g/mol. The summed E-state index contributed by atoms with van der Waals surface area (Å²) >= 11 is 5.75. The molecule has 19 heavy (non-hydrogen) atoms. The summed E-state index contributed by atoms with van der Waals surface area (Å²) in [5.74, 6) is 0. The molecule has 1 unspecified atom stereocenters. The van der Waals surface area contributed by atoms with E-state index in [1.54, 1.807) is 24.4 Å². The van der Waals surface area contributed by atoms with Gasteiger partial charge in [-0.1, -0.05) is 13.0 Å². The largest absolute Gasteiger partial charge is 0.397 e. The molecule has 5 nitrogen and oxygen atoms in total. The molecule has 2 rings (SSSR count). The molecule has 0 saturated heterocycles. The van der Waals surface area contributed by atoms with Crippen molar-refractivity contribution in [3.63, 3.8) is 0 Å². The number of hydrogen-bond acceptors (Lipinski definition) is 5. The van der Waals surface area contributed by atoms with Crippen LogP contribution in [0, 0.1) is 0 Å². The van der Waals surface area contributed by atoms with E-state index in [2.05, 4.69) is 15.3 Å². The predicted octanol–water partition coefficient (Wildman–Crippen LogP) is 2.52. The fraction of sp³-hybridized carbons (Fsp3) is 0.231. The number of rotatable bonds is 4. The maximum absolute atomic E-state index is 9.55. The van der Waals surface area contributed by atoms with Crippen molar-refractivity contribution in [2.24, 2.45) is 0 Å². The first-order valence-corrected chi connectivity index (χ1v) is 6.31. The molecular formula is C13H15ClN4O. The Morgan fingerprint density at radius 2 is 2.21 bits per heavy atom. The second kappa shape index (κ2) is 5.86. The van der Waals surface area contributed by atoms with Gasteiger partial charge in [-0.15, -0.1) is 0 Å². The Kier molecular flexibility index (Phi) is 4.19. The van der Waals surface area contributed by atoms with E-state index in [1.807, 2.05) is 13.0 Å². The molecule has 0 aliphatic heterocycles. The minimum Gasteiger partial charge on any atom is -0.397 e. The molecule has 0 spiro atoms. The molecule has 1 aromatic carbocycles. The van der Waals surface area contributed by atoms with Gasteiger partial charge in [-0.05, 0) is 36.2 Å². The van der Waals surface area contributed by atoms with Gasteiger partial charge in [0.15, 0.2) is 0 Å². The summed E-state index contributed by atoms with van der Waals surface area (Å²) in [4.78, 5) is 7.95. The number of nitrogens with zero attached hydrogens (tertiary/aromatic N) is 2. The van der Waals surface area contributed by atoms with Crippen LogP contribution in [0.25, 0.3) is 11.3 Å². The van der Waals surface area contributed by atoms with E-state index in [1.165, 1.54) is 0 Å². The van der Waals surface area contributed by atoms with Gasteiger partial charge in [0.05, 0.1) is 17.1 Å². The highest BCUT2D eigenvalue weighted by atomic mass is 35.5.